The number of pyridine rings is 4. The molecule has 35 heteroatoms. The Morgan fingerprint density at radius 3 is 1.21 bits per heavy atom. The zero-order chi connectivity index (χ0) is 103. The van der Waals surface area contributed by atoms with Crippen LogP contribution in [0.4, 0.5) is 74.4 Å². The van der Waals surface area contributed by atoms with Gasteiger partial charge in [-0.05, 0) is 212 Å². The fraction of sp³-hybridized carbons (Fsp3) is 0.0804. The molecule has 147 heavy (non-hydrogen) atoms. The lowest BCUT2D eigenvalue weighted by Gasteiger charge is -2.23. The zero-order valence-electron chi connectivity index (χ0n) is 79.3. The highest BCUT2D eigenvalue weighted by Crippen LogP contribution is 2.34. The van der Waals surface area contributed by atoms with Crippen molar-refractivity contribution in [3.05, 3.63) is 469 Å². The summed E-state index contributed by atoms with van der Waals surface area (Å²) < 4.78 is 77.6. The van der Waals surface area contributed by atoms with Crippen LogP contribution in [0.2, 0.25) is 0 Å². The van der Waals surface area contributed by atoms with Gasteiger partial charge in [-0.2, -0.15) is 9.65 Å². The molecule has 6 amide bonds. The first-order chi connectivity index (χ1) is 70.7. The van der Waals surface area contributed by atoms with Crippen molar-refractivity contribution in [3.63, 3.8) is 0 Å². The van der Waals surface area contributed by atoms with Gasteiger partial charge >= 0.3 is 0 Å². The van der Waals surface area contributed by atoms with E-state index in [1.807, 2.05) is 168 Å². The number of nitriles is 1. The Kier molecular flexibility index (Phi) is 38.4. The van der Waals surface area contributed by atoms with Gasteiger partial charge in [-0.25, -0.2) is 58.0 Å². The van der Waals surface area contributed by atoms with E-state index in [2.05, 4.69) is 103 Å². The van der Waals surface area contributed by atoms with Gasteiger partial charge in [0, 0.05) is 135 Å². The molecule has 736 valence electrons. The Morgan fingerprint density at radius 2 is 0.735 bits per heavy atom. The molecule has 0 atom stereocenters. The van der Waals surface area contributed by atoms with Gasteiger partial charge in [0.1, 0.15) is 65.6 Å². The van der Waals surface area contributed by atoms with Crippen LogP contribution in [0.15, 0.2) is 373 Å². The van der Waals surface area contributed by atoms with Gasteiger partial charge in [0.2, 0.25) is 5.82 Å². The highest BCUT2D eigenvalue weighted by Gasteiger charge is 2.20. The number of hydrogen-bond donors (Lipinski definition) is 7. The van der Waals surface area contributed by atoms with E-state index in [4.69, 9.17) is 18.9 Å². The van der Waals surface area contributed by atoms with Gasteiger partial charge < -0.3 is 61.1 Å². The second-order valence-electron chi connectivity index (χ2n) is 31.7. The third-order valence-electron chi connectivity index (χ3n) is 20.0. The number of amides is 6. The number of carbonyl (C=O) groups is 6. The molecule has 31 nitrogen and oxygen atoms in total. The monoisotopic (exact) mass is 1970 g/mol. The molecule has 18 aromatic rings. The number of ether oxygens (including phenoxy) is 4. The topological polar surface area (TPSA) is 405 Å². The Labute approximate surface area is 843 Å². The van der Waals surface area contributed by atoms with E-state index in [0.29, 0.717) is 91.6 Å². The lowest BCUT2D eigenvalue weighted by atomic mass is 10.1. The van der Waals surface area contributed by atoms with E-state index in [9.17, 15) is 51.6 Å². The first-order valence-electron chi connectivity index (χ1n) is 44.7. The number of rotatable bonds is 25. The summed E-state index contributed by atoms with van der Waals surface area (Å²) in [5, 5.41) is 28.8. The molecule has 18 rings (SSSR count). The largest absolute Gasteiger partial charge is 0.454 e. The molecule has 0 radical (unpaired) electrons. The van der Waals surface area contributed by atoms with E-state index in [1.165, 1.54) is 105 Å². The number of aryl methyl sites for hydroxylation is 6. The smallest absolute Gasteiger partial charge is 0.274 e. The van der Waals surface area contributed by atoms with Crippen LogP contribution >= 0.6 is 0 Å². The van der Waals surface area contributed by atoms with E-state index < -0.39 is 40.8 Å². The van der Waals surface area contributed by atoms with E-state index >= 15 is 0 Å². The second kappa shape index (κ2) is 53.4. The van der Waals surface area contributed by atoms with Crippen molar-refractivity contribution in [1.82, 2.24) is 59.8 Å². The average Bonchev–Trinajstić information content (AvgIpc) is 0.827. The predicted octanol–water partition coefficient (Wildman–Crippen LogP) is 24.4. The molecule has 0 aliphatic carbocycles. The molecule has 0 saturated heterocycles. The fourth-order valence-electron chi connectivity index (χ4n) is 13.5. The Balaban J connectivity index is 0.000000157. The standard InChI is InChI=1S/C21H20FN3O.C19H14N4O2.C19H17N3O.C18H15N3O2.C17H12F2N4O2.C17H13FN4O2.CH4/c1-3-25(19-8-5-9-23-14-19)20-12-17(22)11-18(13-20)24-21(26)16-7-4-6-15(2)10-16;1-13-3-2-4-15(5-13)19(24)23-16-6-14(9-20)7-17(8-16)25-18-10-21-12-22-11-18;1-14-5-2-6-15(11-14)19(23)22-17-8-3-7-16(12-17)21-18-9-4-10-20-13-18;1-13-4-2-5-14(8-13)18(22)21-15-6-3-7-16(9-15)23-17-10-19-12-20-11-17;1-10-3-2-4-14(22-10)17(24)23-11-5-13(18)16(19)15(6-11)25-12-7-20-9-21-8-12;1-11-2-3-16(21-7-11)17(23)22-13-4-12(18)5-14(6-13)24-15-8-19-10-20-9-15;/h4-14H,3H2,1-2H3,(H,24,26);2-8,10-12H,1H3,(H,23,24);2-13,21H,1H3,(H,22,23);2-12H,1H3,(H,21,22);2-9H,1H3,(H,23,24);2-10H,1H3,(H,22,23);1H4. The molecule has 0 aliphatic heterocycles. The quantitative estimate of drug-likeness (QED) is 0.0261. The lowest BCUT2D eigenvalue weighted by molar-refractivity contribution is 0.101. The molecular formula is C112H95F4N21O10. The minimum absolute atomic E-state index is 0. The molecule has 0 bridgehead atoms. The van der Waals surface area contributed by atoms with Gasteiger partial charge in [-0.3, -0.25) is 43.7 Å². The molecule has 0 aliphatic rings. The molecule has 8 aromatic heterocycles. The van der Waals surface area contributed by atoms with Gasteiger partial charge in [-0.1, -0.05) is 102 Å². The molecular weight excluding hydrogens is 1880 g/mol. The first-order valence-corrected chi connectivity index (χ1v) is 44.7. The summed E-state index contributed by atoms with van der Waals surface area (Å²) in [5.41, 5.74) is 14.7. The number of carbonyl (C=O) groups excluding carboxylic acids is 6. The summed E-state index contributed by atoms with van der Waals surface area (Å²) >= 11 is 0. The number of aromatic nitrogens is 12. The number of anilines is 10. The summed E-state index contributed by atoms with van der Waals surface area (Å²) in [6.07, 6.45) is 25.6. The van der Waals surface area contributed by atoms with Crippen molar-refractivity contribution in [3.8, 4) is 52.1 Å². The number of nitrogens with one attached hydrogen (secondary N) is 7. The van der Waals surface area contributed by atoms with Gasteiger partial charge in [0.05, 0.1) is 85.0 Å². The number of benzene rings is 10. The van der Waals surface area contributed by atoms with E-state index in [1.54, 1.807) is 147 Å². The molecule has 7 N–H and O–H groups in total. The maximum atomic E-state index is 14.2. The van der Waals surface area contributed by atoms with Crippen molar-refractivity contribution in [1.29, 1.82) is 5.26 Å². The normalized spacial score (nSPS) is 10.1. The summed E-state index contributed by atoms with van der Waals surface area (Å²) in [6, 6.07) is 77.4. The van der Waals surface area contributed by atoms with Crippen molar-refractivity contribution < 1.29 is 65.3 Å². The van der Waals surface area contributed by atoms with Gasteiger partial charge in [0.25, 0.3) is 35.4 Å². The Hall–Kier alpha value is -20.0. The zero-order valence-corrected chi connectivity index (χ0v) is 79.3. The minimum atomic E-state index is -1.18. The number of halogens is 4. The Morgan fingerprint density at radius 1 is 0.320 bits per heavy atom. The highest BCUT2D eigenvalue weighted by molar-refractivity contribution is 6.08. The number of nitrogens with zero attached hydrogens (tertiary/aromatic N) is 14. The molecule has 0 unspecified atom stereocenters. The van der Waals surface area contributed by atoms with Crippen molar-refractivity contribution in [2.75, 3.05) is 48.7 Å². The third-order valence-corrected chi connectivity index (χ3v) is 20.0. The summed E-state index contributed by atoms with van der Waals surface area (Å²) in [5.74, 6) is -2.80. The van der Waals surface area contributed by atoms with Gasteiger partial charge in [0.15, 0.2) is 34.6 Å². The summed E-state index contributed by atoms with van der Waals surface area (Å²) in [6.45, 7) is 14.0. The second-order valence-corrected chi connectivity index (χ2v) is 31.7. The number of hydrogen-bond acceptors (Lipinski definition) is 25. The highest BCUT2D eigenvalue weighted by atomic mass is 19.2. The van der Waals surface area contributed by atoms with Crippen LogP contribution in [0.25, 0.3) is 0 Å². The van der Waals surface area contributed by atoms with E-state index in [-0.39, 0.29) is 65.3 Å². The van der Waals surface area contributed by atoms with Crippen LogP contribution in [0.1, 0.15) is 116 Å². The predicted molar refractivity (Wildman–Crippen MR) is 553 cm³/mol. The van der Waals surface area contributed by atoms with Crippen LogP contribution in [-0.4, -0.2) is 102 Å². The minimum Gasteiger partial charge on any atom is -0.454 e. The molecule has 10 aromatic carbocycles. The van der Waals surface area contributed by atoms with Crippen molar-refractivity contribution >= 4 is 92.3 Å². The third kappa shape index (κ3) is 33.6. The van der Waals surface area contributed by atoms with Crippen LogP contribution in [0.3, 0.4) is 0 Å². The Bertz CT molecular complexity index is 7440. The molecule has 0 spiro atoms. The maximum absolute atomic E-state index is 14.2. The SMILES string of the molecule is C.CCN(c1cccnc1)c1cc(F)cc(NC(=O)c2cccc(C)c2)c1.Cc1ccc(C(=O)Nc2cc(F)cc(Oc3cncnc3)c2)nc1.Cc1cccc(C(=O)Nc2cc(C#N)cc(Oc3cncnc3)c2)c1.Cc1cccc(C(=O)Nc2cc(F)c(F)c(Oc3cncnc3)c2)n1.Cc1cccc(C(=O)Nc2cccc(Nc3cccnc3)c2)c1.Cc1cccc(C(=O)Nc2cccc(Oc3cncnc3)c2)c1. The van der Waals surface area contributed by atoms with E-state index in [0.717, 1.165) is 56.6 Å². The van der Waals surface area contributed by atoms with Gasteiger partial charge in [-0.15, -0.1) is 0 Å². The fourth-order valence-corrected chi connectivity index (χ4v) is 13.5. The lowest BCUT2D eigenvalue weighted by Crippen LogP contribution is -2.17. The summed E-state index contributed by atoms with van der Waals surface area (Å²) in [7, 11) is 0. The molecule has 8 heterocycles. The summed E-state index contributed by atoms with van der Waals surface area (Å²) in [4.78, 5) is 123. The van der Waals surface area contributed by atoms with Crippen LogP contribution in [0, 0.1) is 76.1 Å². The van der Waals surface area contributed by atoms with Crippen LogP contribution in [0.5, 0.6) is 46.0 Å². The molecule has 0 fully saturated rings. The average molecular weight is 1970 g/mol. The maximum Gasteiger partial charge on any atom is 0.274 e. The van der Waals surface area contributed by atoms with Crippen molar-refractivity contribution in [2.24, 2.45) is 0 Å². The first kappa shape index (κ1) is 106. The van der Waals surface area contributed by atoms with Crippen molar-refractivity contribution in [2.45, 2.75) is 55.9 Å². The molecule has 0 saturated carbocycles. The van der Waals surface area contributed by atoms with Crippen LogP contribution in [-0.2, 0) is 0 Å². The van der Waals surface area contributed by atoms with Crippen LogP contribution < -0.4 is 61.1 Å².